The predicted octanol–water partition coefficient (Wildman–Crippen LogP) is 0.0675. The van der Waals surface area contributed by atoms with E-state index in [9.17, 15) is 0 Å². The first-order valence-electron chi connectivity index (χ1n) is 2.42. The lowest BCUT2D eigenvalue weighted by Crippen LogP contribution is -2.48. The van der Waals surface area contributed by atoms with E-state index in [-0.39, 0.29) is 6.17 Å². The van der Waals surface area contributed by atoms with E-state index >= 15 is 0 Å². The van der Waals surface area contributed by atoms with E-state index in [1.54, 1.807) is 6.20 Å². The van der Waals surface area contributed by atoms with Crippen LogP contribution >= 0.6 is 11.6 Å². The lowest BCUT2D eigenvalue weighted by molar-refractivity contribution is 0.438. The first kappa shape index (κ1) is 5.72. The van der Waals surface area contributed by atoms with Gasteiger partial charge < -0.3 is 10.7 Å². The average Bonchev–Trinajstić information content (AvgIpc) is 1.77. The van der Waals surface area contributed by atoms with Crippen molar-refractivity contribution in [2.24, 2.45) is 0 Å². The van der Waals surface area contributed by atoms with Crippen LogP contribution in [-0.4, -0.2) is 6.17 Å². The summed E-state index contributed by atoms with van der Waals surface area (Å²) in [4.78, 5) is 0. The molecule has 0 amide bonds. The second kappa shape index (κ2) is 2.24. The molecule has 0 spiro atoms. The molecular formula is C4H8ClN3. The molecule has 3 N–H and O–H groups in total. The third kappa shape index (κ3) is 1.28. The number of rotatable bonds is 0. The highest BCUT2D eigenvalue weighted by molar-refractivity contribution is 6.29. The minimum absolute atomic E-state index is 0.248. The van der Waals surface area contributed by atoms with Crippen molar-refractivity contribution >= 4 is 11.6 Å². The fourth-order valence-corrected chi connectivity index (χ4v) is 0.571. The summed E-state index contributed by atoms with van der Waals surface area (Å²) >= 11 is 5.51. The van der Waals surface area contributed by atoms with Gasteiger partial charge in [0.1, 0.15) is 5.16 Å². The smallest absolute Gasteiger partial charge is 0.132 e. The Bertz CT molecular complexity index is 112. The summed E-state index contributed by atoms with van der Waals surface area (Å²) in [6.45, 7) is 1.98. The molecule has 3 nitrogen and oxygen atoms in total. The summed E-state index contributed by atoms with van der Waals surface area (Å²) in [5.41, 5.74) is 5.62. The molecule has 1 aliphatic rings. The topological polar surface area (TPSA) is 36.1 Å². The van der Waals surface area contributed by atoms with Crippen LogP contribution in [0.4, 0.5) is 0 Å². The first-order valence-corrected chi connectivity index (χ1v) is 2.80. The van der Waals surface area contributed by atoms with E-state index in [1.165, 1.54) is 0 Å². The zero-order valence-electron chi connectivity index (χ0n) is 4.53. The molecule has 0 saturated carbocycles. The van der Waals surface area contributed by atoms with Gasteiger partial charge in [0, 0.05) is 6.20 Å². The van der Waals surface area contributed by atoms with E-state index in [4.69, 9.17) is 11.6 Å². The summed E-state index contributed by atoms with van der Waals surface area (Å²) in [5.74, 6) is 0. The van der Waals surface area contributed by atoms with Gasteiger partial charge in [-0.05, 0) is 6.92 Å². The summed E-state index contributed by atoms with van der Waals surface area (Å²) < 4.78 is 0. The third-order valence-electron chi connectivity index (χ3n) is 0.868. The van der Waals surface area contributed by atoms with Gasteiger partial charge in [-0.1, -0.05) is 11.6 Å². The average molecular weight is 134 g/mol. The lowest BCUT2D eigenvalue weighted by atomic mass is 10.5. The normalized spacial score (nSPS) is 27.8. The fourth-order valence-electron chi connectivity index (χ4n) is 0.453. The monoisotopic (exact) mass is 133 g/mol. The maximum absolute atomic E-state index is 5.51. The molecular weight excluding hydrogens is 126 g/mol. The molecule has 0 bridgehead atoms. The van der Waals surface area contributed by atoms with Gasteiger partial charge in [-0.25, -0.2) is 5.43 Å². The molecule has 8 heavy (non-hydrogen) atoms. The maximum atomic E-state index is 5.51. The number of nitrogens with one attached hydrogen (secondary N) is 3. The Labute approximate surface area is 53.1 Å². The third-order valence-corrected chi connectivity index (χ3v) is 1.07. The molecule has 0 aromatic carbocycles. The quantitative estimate of drug-likeness (QED) is 0.410. The van der Waals surface area contributed by atoms with Crippen LogP contribution in [0, 0.1) is 0 Å². The van der Waals surface area contributed by atoms with Gasteiger partial charge in [0.05, 0.1) is 6.17 Å². The number of hydrogen-bond donors (Lipinski definition) is 3. The standard InChI is InChI=1S/C4H8ClN3/c1-3-6-2-4(5)8-7-3/h2-3,6-8H,1H3. The van der Waals surface area contributed by atoms with E-state index in [2.05, 4.69) is 16.2 Å². The Morgan fingerprint density at radius 2 is 2.50 bits per heavy atom. The SMILES string of the molecule is CC1NC=C(Cl)NN1. The Balaban J connectivity index is 2.42. The summed E-state index contributed by atoms with van der Waals surface area (Å²) in [6.07, 6.45) is 1.96. The molecule has 0 fully saturated rings. The van der Waals surface area contributed by atoms with Crippen molar-refractivity contribution < 1.29 is 0 Å². The van der Waals surface area contributed by atoms with Crippen LogP contribution in [0.3, 0.4) is 0 Å². The Morgan fingerprint density at radius 3 is 2.88 bits per heavy atom. The Kier molecular flexibility index (Phi) is 1.60. The summed E-state index contributed by atoms with van der Waals surface area (Å²) in [7, 11) is 0. The van der Waals surface area contributed by atoms with Crippen LogP contribution in [0.15, 0.2) is 11.4 Å². The molecule has 1 heterocycles. The zero-order chi connectivity index (χ0) is 5.98. The molecule has 0 saturated heterocycles. The summed E-state index contributed by atoms with van der Waals surface area (Å²) in [6, 6.07) is 0. The Morgan fingerprint density at radius 1 is 1.75 bits per heavy atom. The molecule has 0 aliphatic carbocycles. The van der Waals surface area contributed by atoms with Gasteiger partial charge >= 0.3 is 0 Å². The maximum Gasteiger partial charge on any atom is 0.132 e. The lowest BCUT2D eigenvalue weighted by Gasteiger charge is -2.20. The minimum Gasteiger partial charge on any atom is -0.372 e. The van der Waals surface area contributed by atoms with Gasteiger partial charge in [0.2, 0.25) is 0 Å². The van der Waals surface area contributed by atoms with Crippen molar-refractivity contribution in [3.05, 3.63) is 11.4 Å². The molecule has 0 radical (unpaired) electrons. The van der Waals surface area contributed by atoms with E-state index in [0.717, 1.165) is 0 Å². The van der Waals surface area contributed by atoms with Crippen molar-refractivity contribution in [1.82, 2.24) is 16.2 Å². The van der Waals surface area contributed by atoms with Crippen molar-refractivity contribution in [2.75, 3.05) is 0 Å². The van der Waals surface area contributed by atoms with Gasteiger partial charge in [-0.15, -0.1) is 0 Å². The Hall–Kier alpha value is -0.410. The van der Waals surface area contributed by atoms with E-state index in [1.807, 2.05) is 6.92 Å². The fraction of sp³-hybridized carbons (Fsp3) is 0.500. The largest absolute Gasteiger partial charge is 0.372 e. The van der Waals surface area contributed by atoms with Crippen molar-refractivity contribution in [1.29, 1.82) is 0 Å². The van der Waals surface area contributed by atoms with Crippen LogP contribution in [0.25, 0.3) is 0 Å². The predicted molar refractivity (Wildman–Crippen MR) is 32.8 cm³/mol. The molecule has 4 heteroatoms. The molecule has 1 unspecified atom stereocenters. The molecule has 1 rings (SSSR count). The van der Waals surface area contributed by atoms with Crippen LogP contribution < -0.4 is 16.2 Å². The summed E-state index contributed by atoms with van der Waals surface area (Å²) in [5, 5.41) is 3.55. The second-order valence-corrected chi connectivity index (χ2v) is 2.06. The highest BCUT2D eigenvalue weighted by atomic mass is 35.5. The number of hydrazine groups is 1. The number of hydrogen-bond acceptors (Lipinski definition) is 3. The van der Waals surface area contributed by atoms with Crippen molar-refractivity contribution in [3.8, 4) is 0 Å². The number of halogens is 1. The van der Waals surface area contributed by atoms with Crippen LogP contribution in [0.5, 0.6) is 0 Å². The molecule has 1 atom stereocenters. The van der Waals surface area contributed by atoms with Gasteiger partial charge in [-0.2, -0.15) is 0 Å². The van der Waals surface area contributed by atoms with Crippen LogP contribution in [0.2, 0.25) is 0 Å². The van der Waals surface area contributed by atoms with Gasteiger partial charge in [0.15, 0.2) is 0 Å². The zero-order valence-corrected chi connectivity index (χ0v) is 5.29. The highest BCUT2D eigenvalue weighted by Gasteiger charge is 2.02. The molecule has 0 aromatic heterocycles. The van der Waals surface area contributed by atoms with Crippen molar-refractivity contribution in [3.63, 3.8) is 0 Å². The van der Waals surface area contributed by atoms with E-state index < -0.39 is 0 Å². The molecule has 0 aromatic rings. The minimum atomic E-state index is 0.248. The molecule has 46 valence electrons. The molecule has 1 aliphatic heterocycles. The van der Waals surface area contributed by atoms with E-state index in [0.29, 0.717) is 5.16 Å². The van der Waals surface area contributed by atoms with Crippen LogP contribution in [0.1, 0.15) is 6.92 Å². The van der Waals surface area contributed by atoms with Gasteiger partial charge in [-0.3, -0.25) is 0 Å². The second-order valence-electron chi connectivity index (χ2n) is 1.65. The van der Waals surface area contributed by atoms with Gasteiger partial charge in [0.25, 0.3) is 0 Å². The first-order chi connectivity index (χ1) is 3.79. The van der Waals surface area contributed by atoms with Crippen LogP contribution in [-0.2, 0) is 0 Å². The highest BCUT2D eigenvalue weighted by Crippen LogP contribution is 1.94. The van der Waals surface area contributed by atoms with Crippen molar-refractivity contribution in [2.45, 2.75) is 13.1 Å².